The zero-order valence-electron chi connectivity index (χ0n) is 11.9. The van der Waals surface area contributed by atoms with Crippen LogP contribution >= 0.6 is 0 Å². The molecule has 1 aliphatic rings. The third-order valence-electron chi connectivity index (χ3n) is 3.39. The summed E-state index contributed by atoms with van der Waals surface area (Å²) in [7, 11) is 3.67. The lowest BCUT2D eigenvalue weighted by atomic mass is 10.0. The minimum atomic E-state index is 0.00694. The van der Waals surface area contributed by atoms with Crippen LogP contribution in [0.1, 0.15) is 27.2 Å². The third kappa shape index (κ3) is 3.96. The first-order valence-corrected chi connectivity index (χ1v) is 6.61. The molecule has 0 aromatic heterocycles. The van der Waals surface area contributed by atoms with Crippen molar-refractivity contribution in [1.29, 1.82) is 0 Å². The molecule has 17 heavy (non-hydrogen) atoms. The fraction of sp³-hybridized carbons (Fsp3) is 0.923. The highest BCUT2D eigenvalue weighted by atomic mass is 16.2. The Morgan fingerprint density at radius 3 is 2.59 bits per heavy atom. The Bertz CT molecular complexity index is 253. The van der Waals surface area contributed by atoms with E-state index in [2.05, 4.69) is 31.0 Å². The van der Waals surface area contributed by atoms with Gasteiger partial charge in [-0.25, -0.2) is 0 Å². The molecule has 2 atom stereocenters. The Kier molecular flexibility index (Phi) is 5.40. The van der Waals surface area contributed by atoms with Crippen LogP contribution in [-0.4, -0.2) is 61.5 Å². The van der Waals surface area contributed by atoms with Crippen molar-refractivity contribution in [2.75, 3.05) is 33.7 Å². The van der Waals surface area contributed by atoms with Gasteiger partial charge in [-0.1, -0.05) is 13.8 Å². The van der Waals surface area contributed by atoms with Crippen molar-refractivity contribution < 1.29 is 4.79 Å². The fourth-order valence-electron chi connectivity index (χ4n) is 2.59. The molecule has 1 N–H and O–H groups in total. The normalized spacial score (nSPS) is 23.8. The number of likely N-dealkylation sites (N-methyl/N-ethyl adjacent to an activating group) is 1. The summed E-state index contributed by atoms with van der Waals surface area (Å²) in [5, 5.41) is 3.32. The van der Waals surface area contributed by atoms with Crippen molar-refractivity contribution in [2.24, 2.45) is 5.92 Å². The predicted octanol–water partition coefficient (Wildman–Crippen LogP) is 0.783. The van der Waals surface area contributed by atoms with Gasteiger partial charge in [-0.05, 0) is 19.3 Å². The molecule has 0 radical (unpaired) electrons. The van der Waals surface area contributed by atoms with Crippen LogP contribution < -0.4 is 5.32 Å². The summed E-state index contributed by atoms with van der Waals surface area (Å²) in [5.74, 6) is 0.891. The lowest BCUT2D eigenvalue weighted by Gasteiger charge is -2.40. The van der Waals surface area contributed by atoms with Gasteiger partial charge in [0.15, 0.2) is 0 Å². The largest absolute Gasteiger partial charge is 0.347 e. The minimum Gasteiger partial charge on any atom is -0.347 e. The maximum Gasteiger partial charge on any atom is 0.240 e. The van der Waals surface area contributed by atoms with E-state index < -0.39 is 0 Å². The number of piperazine rings is 1. The second kappa shape index (κ2) is 6.36. The van der Waals surface area contributed by atoms with Gasteiger partial charge in [0.2, 0.25) is 5.91 Å². The van der Waals surface area contributed by atoms with Crippen LogP contribution in [0.5, 0.6) is 0 Å². The SMILES string of the molecule is CC(C)CC(C)N1CCNCC1C(=O)N(C)C. The first-order chi connectivity index (χ1) is 7.93. The maximum absolute atomic E-state index is 12.1. The molecule has 100 valence electrons. The van der Waals surface area contributed by atoms with E-state index in [0.29, 0.717) is 12.0 Å². The molecule has 4 heteroatoms. The Labute approximate surface area is 105 Å². The number of hydrogen-bond donors (Lipinski definition) is 1. The van der Waals surface area contributed by atoms with Gasteiger partial charge in [0, 0.05) is 39.8 Å². The van der Waals surface area contributed by atoms with Crippen molar-refractivity contribution >= 4 is 5.91 Å². The van der Waals surface area contributed by atoms with Gasteiger partial charge in [-0.2, -0.15) is 0 Å². The topological polar surface area (TPSA) is 35.6 Å². The standard InChI is InChI=1S/C13H27N3O/c1-10(2)8-11(3)16-7-6-14-9-12(16)13(17)15(4)5/h10-12,14H,6-9H2,1-5H3. The van der Waals surface area contributed by atoms with Crippen LogP contribution in [0.4, 0.5) is 0 Å². The van der Waals surface area contributed by atoms with Gasteiger partial charge in [0.25, 0.3) is 0 Å². The Morgan fingerprint density at radius 2 is 2.06 bits per heavy atom. The average molecular weight is 241 g/mol. The Balaban J connectivity index is 2.68. The number of hydrogen-bond acceptors (Lipinski definition) is 3. The van der Waals surface area contributed by atoms with Crippen LogP contribution in [-0.2, 0) is 4.79 Å². The molecule has 0 aromatic rings. The molecule has 1 saturated heterocycles. The van der Waals surface area contributed by atoms with E-state index in [0.717, 1.165) is 26.1 Å². The number of rotatable bonds is 4. The Morgan fingerprint density at radius 1 is 1.41 bits per heavy atom. The van der Waals surface area contributed by atoms with Crippen molar-refractivity contribution in [3.8, 4) is 0 Å². The lowest BCUT2D eigenvalue weighted by Crippen LogP contribution is -2.60. The van der Waals surface area contributed by atoms with Crippen LogP contribution in [0.2, 0.25) is 0 Å². The zero-order valence-corrected chi connectivity index (χ0v) is 11.9. The van der Waals surface area contributed by atoms with Crippen molar-refractivity contribution in [3.63, 3.8) is 0 Å². The van der Waals surface area contributed by atoms with E-state index in [9.17, 15) is 4.79 Å². The van der Waals surface area contributed by atoms with Gasteiger partial charge in [0.05, 0.1) is 0 Å². The molecule has 0 bridgehead atoms. The second-order valence-corrected chi connectivity index (χ2v) is 5.67. The summed E-state index contributed by atoms with van der Waals surface area (Å²) < 4.78 is 0. The van der Waals surface area contributed by atoms with E-state index in [4.69, 9.17) is 0 Å². The zero-order chi connectivity index (χ0) is 13.0. The van der Waals surface area contributed by atoms with Gasteiger partial charge in [-0.3, -0.25) is 9.69 Å². The predicted molar refractivity (Wildman–Crippen MR) is 71.0 cm³/mol. The van der Waals surface area contributed by atoms with Gasteiger partial charge in [-0.15, -0.1) is 0 Å². The number of nitrogens with zero attached hydrogens (tertiary/aromatic N) is 2. The van der Waals surface area contributed by atoms with Gasteiger partial charge >= 0.3 is 0 Å². The van der Waals surface area contributed by atoms with Gasteiger partial charge < -0.3 is 10.2 Å². The highest BCUT2D eigenvalue weighted by molar-refractivity contribution is 5.81. The minimum absolute atomic E-state index is 0.00694. The highest BCUT2D eigenvalue weighted by Crippen LogP contribution is 2.16. The molecule has 4 nitrogen and oxygen atoms in total. The highest BCUT2D eigenvalue weighted by Gasteiger charge is 2.32. The van der Waals surface area contributed by atoms with E-state index in [-0.39, 0.29) is 11.9 Å². The molecule has 0 saturated carbocycles. The van der Waals surface area contributed by atoms with Crippen LogP contribution in [0.3, 0.4) is 0 Å². The molecule has 1 rings (SSSR count). The molecule has 0 spiro atoms. The molecular formula is C13H27N3O. The molecular weight excluding hydrogens is 214 g/mol. The molecule has 0 aliphatic carbocycles. The molecule has 1 amide bonds. The molecule has 1 fully saturated rings. The summed E-state index contributed by atoms with van der Waals surface area (Å²) in [6.45, 7) is 9.45. The van der Waals surface area contributed by atoms with Gasteiger partial charge in [0.1, 0.15) is 6.04 Å². The van der Waals surface area contributed by atoms with Crippen LogP contribution in [0.25, 0.3) is 0 Å². The van der Waals surface area contributed by atoms with E-state index in [1.54, 1.807) is 4.90 Å². The number of carbonyl (C=O) groups is 1. The van der Waals surface area contributed by atoms with E-state index in [1.807, 2.05) is 14.1 Å². The first-order valence-electron chi connectivity index (χ1n) is 6.61. The van der Waals surface area contributed by atoms with E-state index >= 15 is 0 Å². The first kappa shape index (κ1) is 14.5. The molecule has 2 unspecified atom stereocenters. The summed E-state index contributed by atoms with van der Waals surface area (Å²) >= 11 is 0. The van der Waals surface area contributed by atoms with Crippen molar-refractivity contribution in [3.05, 3.63) is 0 Å². The molecule has 0 aromatic carbocycles. The molecule has 1 heterocycles. The third-order valence-corrected chi connectivity index (χ3v) is 3.39. The van der Waals surface area contributed by atoms with Crippen molar-refractivity contribution in [1.82, 2.24) is 15.1 Å². The monoisotopic (exact) mass is 241 g/mol. The summed E-state index contributed by atoms with van der Waals surface area (Å²) in [6.07, 6.45) is 1.15. The van der Waals surface area contributed by atoms with Crippen LogP contribution in [0.15, 0.2) is 0 Å². The lowest BCUT2D eigenvalue weighted by molar-refractivity contribution is -0.136. The summed E-state index contributed by atoms with van der Waals surface area (Å²) in [5.41, 5.74) is 0. The van der Waals surface area contributed by atoms with Crippen molar-refractivity contribution in [2.45, 2.75) is 39.3 Å². The molecule has 1 aliphatic heterocycles. The smallest absolute Gasteiger partial charge is 0.240 e. The maximum atomic E-state index is 12.1. The Hall–Kier alpha value is -0.610. The fourth-order valence-corrected chi connectivity index (χ4v) is 2.59. The van der Waals surface area contributed by atoms with E-state index in [1.165, 1.54) is 0 Å². The number of amides is 1. The number of carbonyl (C=O) groups excluding carboxylic acids is 1. The second-order valence-electron chi connectivity index (χ2n) is 5.67. The number of nitrogens with one attached hydrogen (secondary N) is 1. The van der Waals surface area contributed by atoms with Crippen LogP contribution in [0, 0.1) is 5.92 Å². The summed E-state index contributed by atoms with van der Waals surface area (Å²) in [4.78, 5) is 16.2. The summed E-state index contributed by atoms with van der Waals surface area (Å²) in [6, 6.07) is 0.485. The quantitative estimate of drug-likeness (QED) is 0.790. The average Bonchev–Trinajstić information content (AvgIpc) is 2.27.